The number of carbonyl (C=O) groups excluding carboxylic acids is 1. The maximum absolute atomic E-state index is 11.1. The second kappa shape index (κ2) is 8.91. The van der Waals surface area contributed by atoms with E-state index in [-0.39, 0.29) is 24.6 Å². The number of nitrogens with zero attached hydrogens (tertiary/aromatic N) is 1. The molecule has 0 aliphatic rings. The third kappa shape index (κ3) is 5.78. The average molecular weight is 295 g/mol. The van der Waals surface area contributed by atoms with Crippen molar-refractivity contribution in [1.82, 2.24) is 10.6 Å². The molecule has 0 heterocycles. The summed E-state index contributed by atoms with van der Waals surface area (Å²) in [6, 6.07) is 4.47. The molecule has 0 bridgehead atoms. The predicted molar refractivity (Wildman–Crippen MR) is 79.3 cm³/mol. The van der Waals surface area contributed by atoms with Gasteiger partial charge in [-0.25, -0.2) is 0 Å². The largest absolute Gasteiger partial charge is 0.493 e. The van der Waals surface area contributed by atoms with Crippen LogP contribution in [0.5, 0.6) is 5.75 Å². The molecule has 1 amide bonds. The van der Waals surface area contributed by atoms with Crippen LogP contribution in [-0.4, -0.2) is 31.0 Å². The van der Waals surface area contributed by atoms with E-state index in [1.807, 2.05) is 6.92 Å². The van der Waals surface area contributed by atoms with E-state index in [1.54, 1.807) is 13.1 Å². The fourth-order valence-electron chi connectivity index (χ4n) is 1.74. The molecule has 116 valence electrons. The molecule has 0 saturated heterocycles. The number of nitrogens with one attached hydrogen (secondary N) is 2. The molecular weight excluding hydrogens is 274 g/mol. The lowest BCUT2D eigenvalue weighted by Crippen LogP contribution is -2.20. The Bertz CT molecular complexity index is 491. The quantitative estimate of drug-likeness (QED) is 0.410. The third-order valence-corrected chi connectivity index (χ3v) is 2.86. The molecule has 0 aliphatic carbocycles. The highest BCUT2D eigenvalue weighted by molar-refractivity contribution is 5.75. The molecule has 0 fully saturated rings. The Hall–Kier alpha value is -2.15. The number of non-ortho nitro benzene ring substituents is 1. The second-order valence-electron chi connectivity index (χ2n) is 4.50. The molecule has 0 unspecified atom stereocenters. The Morgan fingerprint density at radius 2 is 2.19 bits per heavy atom. The van der Waals surface area contributed by atoms with Gasteiger partial charge < -0.3 is 15.4 Å². The van der Waals surface area contributed by atoms with Crippen molar-refractivity contribution < 1.29 is 14.5 Å². The Morgan fingerprint density at radius 3 is 2.81 bits per heavy atom. The normalized spacial score (nSPS) is 10.2. The summed E-state index contributed by atoms with van der Waals surface area (Å²) in [7, 11) is 1.56. The summed E-state index contributed by atoms with van der Waals surface area (Å²) in [5.74, 6) is 0.454. The first-order chi connectivity index (χ1) is 10.1. The van der Waals surface area contributed by atoms with Gasteiger partial charge in [0.05, 0.1) is 18.0 Å². The SMILES string of the molecule is CCCNCc1cc([N+](=O)[O-])ccc1OCCC(=O)NC. The molecule has 1 aromatic rings. The standard InChI is InChI=1S/C14H21N3O4/c1-3-7-16-10-11-9-12(17(19)20)4-5-13(11)21-8-6-14(18)15-2/h4-5,9,16H,3,6-8,10H2,1-2H3,(H,15,18). The number of benzene rings is 1. The maximum atomic E-state index is 11.1. The van der Waals surface area contributed by atoms with Gasteiger partial charge in [0.25, 0.3) is 5.69 Å². The molecule has 1 rings (SSSR count). The summed E-state index contributed by atoms with van der Waals surface area (Å²) >= 11 is 0. The average Bonchev–Trinajstić information content (AvgIpc) is 2.48. The van der Waals surface area contributed by atoms with E-state index in [4.69, 9.17) is 4.74 Å². The van der Waals surface area contributed by atoms with Gasteiger partial charge in [0, 0.05) is 31.3 Å². The van der Waals surface area contributed by atoms with Gasteiger partial charge in [0.15, 0.2) is 0 Å². The number of ether oxygens (including phenoxy) is 1. The summed E-state index contributed by atoms with van der Waals surface area (Å²) in [6.45, 7) is 3.59. The Balaban J connectivity index is 2.75. The molecule has 7 heteroatoms. The van der Waals surface area contributed by atoms with Gasteiger partial charge in [-0.1, -0.05) is 6.92 Å². The van der Waals surface area contributed by atoms with E-state index in [0.29, 0.717) is 12.3 Å². The molecular formula is C14H21N3O4. The van der Waals surface area contributed by atoms with Gasteiger partial charge in [-0.2, -0.15) is 0 Å². The molecule has 0 atom stereocenters. The van der Waals surface area contributed by atoms with Crippen molar-refractivity contribution >= 4 is 11.6 Å². The minimum atomic E-state index is -0.433. The van der Waals surface area contributed by atoms with Gasteiger partial charge in [-0.05, 0) is 19.0 Å². The Morgan fingerprint density at radius 1 is 1.43 bits per heavy atom. The smallest absolute Gasteiger partial charge is 0.270 e. The predicted octanol–water partition coefficient (Wildman–Crippen LogP) is 1.61. The molecule has 21 heavy (non-hydrogen) atoms. The van der Waals surface area contributed by atoms with Gasteiger partial charge in [-0.15, -0.1) is 0 Å². The summed E-state index contributed by atoms with van der Waals surface area (Å²) in [5.41, 5.74) is 0.747. The monoisotopic (exact) mass is 295 g/mol. The third-order valence-electron chi connectivity index (χ3n) is 2.86. The van der Waals surface area contributed by atoms with Crippen LogP contribution in [0.4, 0.5) is 5.69 Å². The van der Waals surface area contributed by atoms with Crippen LogP contribution in [0, 0.1) is 10.1 Å². The first kappa shape index (κ1) is 16.9. The summed E-state index contributed by atoms with van der Waals surface area (Å²) < 4.78 is 5.55. The number of rotatable bonds is 9. The summed E-state index contributed by atoms with van der Waals surface area (Å²) in [5, 5.41) is 16.5. The van der Waals surface area contributed by atoms with E-state index in [0.717, 1.165) is 18.5 Å². The van der Waals surface area contributed by atoms with Crippen molar-refractivity contribution in [1.29, 1.82) is 0 Å². The van der Waals surface area contributed by atoms with Gasteiger partial charge in [0.2, 0.25) is 5.91 Å². The highest BCUT2D eigenvalue weighted by atomic mass is 16.6. The second-order valence-corrected chi connectivity index (χ2v) is 4.50. The highest BCUT2D eigenvalue weighted by Gasteiger charge is 2.12. The summed E-state index contributed by atoms with van der Waals surface area (Å²) in [4.78, 5) is 21.5. The van der Waals surface area contributed by atoms with E-state index in [1.165, 1.54) is 12.1 Å². The molecule has 7 nitrogen and oxygen atoms in total. The van der Waals surface area contributed by atoms with E-state index < -0.39 is 4.92 Å². The number of hydrogen-bond donors (Lipinski definition) is 2. The molecule has 1 aromatic carbocycles. The molecule has 0 spiro atoms. The minimum absolute atomic E-state index is 0.0296. The maximum Gasteiger partial charge on any atom is 0.270 e. The highest BCUT2D eigenvalue weighted by Crippen LogP contribution is 2.24. The number of nitro benzene ring substituents is 1. The van der Waals surface area contributed by atoms with Crippen molar-refractivity contribution in [2.45, 2.75) is 26.3 Å². The zero-order valence-corrected chi connectivity index (χ0v) is 12.3. The first-order valence-corrected chi connectivity index (χ1v) is 6.90. The fraction of sp³-hybridized carbons (Fsp3) is 0.500. The van der Waals surface area contributed by atoms with Crippen LogP contribution in [0.1, 0.15) is 25.3 Å². The van der Waals surface area contributed by atoms with E-state index >= 15 is 0 Å². The van der Waals surface area contributed by atoms with Crippen LogP contribution in [-0.2, 0) is 11.3 Å². The molecule has 0 radical (unpaired) electrons. The van der Waals surface area contributed by atoms with Crippen LogP contribution in [0.2, 0.25) is 0 Å². The van der Waals surface area contributed by atoms with Crippen LogP contribution in [0.15, 0.2) is 18.2 Å². The lowest BCUT2D eigenvalue weighted by atomic mass is 10.1. The van der Waals surface area contributed by atoms with Crippen molar-refractivity contribution in [3.8, 4) is 5.75 Å². The minimum Gasteiger partial charge on any atom is -0.493 e. The zero-order chi connectivity index (χ0) is 15.7. The lowest BCUT2D eigenvalue weighted by Gasteiger charge is -2.12. The van der Waals surface area contributed by atoms with Crippen LogP contribution in [0.25, 0.3) is 0 Å². The number of carbonyl (C=O) groups is 1. The van der Waals surface area contributed by atoms with Gasteiger partial charge in [0.1, 0.15) is 5.75 Å². The van der Waals surface area contributed by atoms with Crippen LogP contribution < -0.4 is 15.4 Å². The molecule has 2 N–H and O–H groups in total. The zero-order valence-electron chi connectivity index (χ0n) is 12.3. The molecule has 0 saturated carbocycles. The van der Waals surface area contributed by atoms with E-state index in [2.05, 4.69) is 10.6 Å². The number of nitro groups is 1. The number of amides is 1. The van der Waals surface area contributed by atoms with Gasteiger partial charge in [-0.3, -0.25) is 14.9 Å². The van der Waals surface area contributed by atoms with Gasteiger partial charge >= 0.3 is 0 Å². The topological polar surface area (TPSA) is 93.5 Å². The van der Waals surface area contributed by atoms with Crippen molar-refractivity contribution in [3.63, 3.8) is 0 Å². The van der Waals surface area contributed by atoms with Crippen LogP contribution in [0.3, 0.4) is 0 Å². The van der Waals surface area contributed by atoms with Crippen LogP contribution >= 0.6 is 0 Å². The Kier molecular flexibility index (Phi) is 7.17. The lowest BCUT2D eigenvalue weighted by molar-refractivity contribution is -0.384. The summed E-state index contributed by atoms with van der Waals surface area (Å²) in [6.07, 6.45) is 1.22. The molecule has 0 aromatic heterocycles. The first-order valence-electron chi connectivity index (χ1n) is 6.90. The molecule has 0 aliphatic heterocycles. The Labute approximate surface area is 123 Å². The fourth-order valence-corrected chi connectivity index (χ4v) is 1.74. The number of hydrogen-bond acceptors (Lipinski definition) is 5. The van der Waals surface area contributed by atoms with Crippen molar-refractivity contribution in [3.05, 3.63) is 33.9 Å². The van der Waals surface area contributed by atoms with E-state index in [9.17, 15) is 14.9 Å². The van der Waals surface area contributed by atoms with Crippen molar-refractivity contribution in [2.24, 2.45) is 0 Å². The van der Waals surface area contributed by atoms with Crippen molar-refractivity contribution in [2.75, 3.05) is 20.2 Å².